The first kappa shape index (κ1) is 18.9. The van der Waals surface area contributed by atoms with E-state index in [4.69, 9.17) is 10.8 Å². The fourth-order valence-corrected chi connectivity index (χ4v) is 4.17. The lowest BCUT2D eigenvalue weighted by atomic mass is 9.91. The number of nitrogens with two attached hydrogens (primary N) is 1. The van der Waals surface area contributed by atoms with Crippen LogP contribution in [0.5, 0.6) is 0 Å². The first-order valence-corrected chi connectivity index (χ1v) is 9.36. The molecule has 1 aliphatic heterocycles. The predicted octanol–water partition coefficient (Wildman–Crippen LogP) is 2.98. The highest BCUT2D eigenvalue weighted by molar-refractivity contribution is 5.94. The standard InChI is InChI=1S/C20H26N4O.ClH/c1-14(21)15-10-12-23(13-11-15)20(25)19-17-8-5-9-18(17)24(22-19)16-6-3-2-4-7-16;/h2-4,6-7,14-15H,5,8-13,21H2,1H3;1H. The number of halogens is 1. The van der Waals surface area contributed by atoms with E-state index in [-0.39, 0.29) is 24.4 Å². The Balaban J connectivity index is 0.00000196. The van der Waals surface area contributed by atoms with Crippen LogP contribution in [0.15, 0.2) is 30.3 Å². The molecular formula is C20H27ClN4O. The number of nitrogens with zero attached hydrogens (tertiary/aromatic N) is 3. The molecule has 2 aromatic rings. The number of hydrogen-bond donors (Lipinski definition) is 1. The van der Waals surface area contributed by atoms with E-state index in [1.165, 1.54) is 5.69 Å². The minimum atomic E-state index is 0. The summed E-state index contributed by atoms with van der Waals surface area (Å²) in [4.78, 5) is 15.1. The SMILES string of the molecule is CC(N)C1CCN(C(=O)c2nn(-c3ccccc3)c3c2CCC3)CC1.Cl. The zero-order valence-electron chi connectivity index (χ0n) is 15.2. The Kier molecular flexibility index (Phi) is 5.68. The molecule has 2 aliphatic rings. The van der Waals surface area contributed by atoms with E-state index in [9.17, 15) is 4.79 Å². The molecule has 5 nitrogen and oxygen atoms in total. The van der Waals surface area contributed by atoms with Gasteiger partial charge >= 0.3 is 0 Å². The van der Waals surface area contributed by atoms with Crippen LogP contribution in [0, 0.1) is 5.92 Å². The lowest BCUT2D eigenvalue weighted by molar-refractivity contribution is 0.0673. The zero-order chi connectivity index (χ0) is 17.4. The minimum Gasteiger partial charge on any atom is -0.337 e. The van der Waals surface area contributed by atoms with E-state index < -0.39 is 0 Å². The number of fused-ring (bicyclic) bond motifs is 1. The summed E-state index contributed by atoms with van der Waals surface area (Å²) in [5.74, 6) is 0.618. The lowest BCUT2D eigenvalue weighted by Crippen LogP contribution is -2.42. The van der Waals surface area contributed by atoms with Gasteiger partial charge in [-0.25, -0.2) is 4.68 Å². The Morgan fingerprint density at radius 3 is 2.54 bits per heavy atom. The largest absolute Gasteiger partial charge is 0.337 e. The van der Waals surface area contributed by atoms with Crippen molar-refractivity contribution < 1.29 is 4.79 Å². The van der Waals surface area contributed by atoms with E-state index in [0.29, 0.717) is 11.6 Å². The molecular weight excluding hydrogens is 348 g/mol. The second-order valence-electron chi connectivity index (χ2n) is 7.36. The number of amides is 1. The highest BCUT2D eigenvalue weighted by Crippen LogP contribution is 2.29. The lowest BCUT2D eigenvalue weighted by Gasteiger charge is -2.33. The highest BCUT2D eigenvalue weighted by atomic mass is 35.5. The topological polar surface area (TPSA) is 64.2 Å². The van der Waals surface area contributed by atoms with Crippen LogP contribution in [0.1, 0.15) is 47.9 Å². The molecule has 1 atom stereocenters. The van der Waals surface area contributed by atoms with Gasteiger partial charge in [-0.05, 0) is 57.1 Å². The molecule has 0 radical (unpaired) electrons. The molecule has 26 heavy (non-hydrogen) atoms. The number of likely N-dealkylation sites (tertiary alicyclic amines) is 1. The smallest absolute Gasteiger partial charge is 0.274 e. The van der Waals surface area contributed by atoms with Gasteiger partial charge in [0.05, 0.1) is 5.69 Å². The summed E-state index contributed by atoms with van der Waals surface area (Å²) >= 11 is 0. The van der Waals surface area contributed by atoms with Crippen LogP contribution < -0.4 is 5.73 Å². The van der Waals surface area contributed by atoms with Gasteiger partial charge in [0.2, 0.25) is 0 Å². The van der Waals surface area contributed by atoms with Crippen LogP contribution in [0.3, 0.4) is 0 Å². The van der Waals surface area contributed by atoms with Crippen molar-refractivity contribution in [2.45, 2.75) is 45.1 Å². The second-order valence-corrected chi connectivity index (χ2v) is 7.36. The maximum absolute atomic E-state index is 13.1. The summed E-state index contributed by atoms with van der Waals surface area (Å²) in [7, 11) is 0. The zero-order valence-corrected chi connectivity index (χ0v) is 16.0. The number of carbonyl (C=O) groups is 1. The van der Waals surface area contributed by atoms with Crippen LogP contribution in [-0.4, -0.2) is 39.7 Å². The Morgan fingerprint density at radius 1 is 1.19 bits per heavy atom. The van der Waals surface area contributed by atoms with E-state index in [1.807, 2.05) is 39.9 Å². The van der Waals surface area contributed by atoms with Crippen molar-refractivity contribution in [3.8, 4) is 5.69 Å². The molecule has 1 unspecified atom stereocenters. The first-order chi connectivity index (χ1) is 12.1. The molecule has 2 heterocycles. The van der Waals surface area contributed by atoms with Gasteiger partial charge < -0.3 is 10.6 Å². The summed E-state index contributed by atoms with van der Waals surface area (Å²) < 4.78 is 1.98. The monoisotopic (exact) mass is 374 g/mol. The van der Waals surface area contributed by atoms with Crippen LogP contribution in [-0.2, 0) is 12.8 Å². The van der Waals surface area contributed by atoms with Gasteiger partial charge in [0.1, 0.15) is 0 Å². The predicted molar refractivity (Wildman–Crippen MR) is 105 cm³/mol. The number of carbonyl (C=O) groups excluding carboxylic acids is 1. The Hall–Kier alpha value is -1.85. The van der Waals surface area contributed by atoms with Crippen LogP contribution >= 0.6 is 12.4 Å². The van der Waals surface area contributed by atoms with Crippen molar-refractivity contribution in [1.82, 2.24) is 14.7 Å². The van der Waals surface area contributed by atoms with Gasteiger partial charge in [0.25, 0.3) is 5.91 Å². The van der Waals surface area contributed by atoms with Gasteiger partial charge in [-0.2, -0.15) is 5.10 Å². The summed E-state index contributed by atoms with van der Waals surface area (Å²) in [6.07, 6.45) is 5.04. The third-order valence-corrected chi connectivity index (χ3v) is 5.70. The van der Waals surface area contributed by atoms with E-state index in [2.05, 4.69) is 6.92 Å². The number of benzene rings is 1. The number of para-hydroxylation sites is 1. The van der Waals surface area contributed by atoms with E-state index in [0.717, 1.165) is 56.4 Å². The molecule has 2 N–H and O–H groups in total. The molecule has 1 aromatic carbocycles. The third-order valence-electron chi connectivity index (χ3n) is 5.70. The number of rotatable bonds is 3. The van der Waals surface area contributed by atoms with Crippen molar-refractivity contribution in [1.29, 1.82) is 0 Å². The second kappa shape index (κ2) is 7.80. The summed E-state index contributed by atoms with van der Waals surface area (Å²) in [5, 5.41) is 4.73. The molecule has 0 saturated carbocycles. The fourth-order valence-electron chi connectivity index (χ4n) is 4.17. The van der Waals surface area contributed by atoms with E-state index >= 15 is 0 Å². The Labute approximate surface area is 161 Å². The fraction of sp³-hybridized carbons (Fsp3) is 0.500. The van der Waals surface area contributed by atoms with Crippen molar-refractivity contribution in [3.05, 3.63) is 47.3 Å². The maximum Gasteiger partial charge on any atom is 0.274 e. The van der Waals surface area contributed by atoms with Crippen molar-refractivity contribution in [2.24, 2.45) is 11.7 Å². The molecule has 140 valence electrons. The summed E-state index contributed by atoms with van der Waals surface area (Å²) in [6.45, 7) is 3.65. The van der Waals surface area contributed by atoms with Gasteiger partial charge in [0, 0.05) is 30.4 Å². The molecule has 1 saturated heterocycles. The third kappa shape index (κ3) is 3.38. The highest BCUT2D eigenvalue weighted by Gasteiger charge is 2.31. The molecule has 1 fully saturated rings. The quantitative estimate of drug-likeness (QED) is 0.898. The maximum atomic E-state index is 13.1. The molecule has 6 heteroatoms. The molecule has 1 aromatic heterocycles. The molecule has 4 rings (SSSR count). The molecule has 0 bridgehead atoms. The van der Waals surface area contributed by atoms with E-state index in [1.54, 1.807) is 0 Å². The van der Waals surface area contributed by atoms with Gasteiger partial charge in [-0.1, -0.05) is 18.2 Å². The van der Waals surface area contributed by atoms with Crippen LogP contribution in [0.2, 0.25) is 0 Å². The van der Waals surface area contributed by atoms with Gasteiger partial charge in [-0.15, -0.1) is 12.4 Å². The number of piperidine rings is 1. The number of aromatic nitrogens is 2. The Morgan fingerprint density at radius 2 is 1.88 bits per heavy atom. The minimum absolute atomic E-state index is 0. The number of hydrogen-bond acceptors (Lipinski definition) is 3. The molecule has 1 aliphatic carbocycles. The van der Waals surface area contributed by atoms with Crippen molar-refractivity contribution >= 4 is 18.3 Å². The van der Waals surface area contributed by atoms with Crippen LogP contribution in [0.25, 0.3) is 5.69 Å². The van der Waals surface area contributed by atoms with Gasteiger partial charge in [-0.3, -0.25) is 4.79 Å². The van der Waals surface area contributed by atoms with Crippen molar-refractivity contribution in [2.75, 3.05) is 13.1 Å². The average molecular weight is 375 g/mol. The average Bonchev–Trinajstić information content (AvgIpc) is 3.24. The van der Waals surface area contributed by atoms with Crippen molar-refractivity contribution in [3.63, 3.8) is 0 Å². The Bertz CT molecular complexity index is 764. The summed E-state index contributed by atoms with van der Waals surface area (Å²) in [5.41, 5.74) is 10.1. The molecule has 1 amide bonds. The summed E-state index contributed by atoms with van der Waals surface area (Å²) in [6, 6.07) is 10.3. The normalized spacial score (nSPS) is 18.3. The van der Waals surface area contributed by atoms with Crippen LogP contribution in [0.4, 0.5) is 0 Å². The molecule has 0 spiro atoms. The van der Waals surface area contributed by atoms with Gasteiger partial charge in [0.15, 0.2) is 5.69 Å². The first-order valence-electron chi connectivity index (χ1n) is 9.36.